The van der Waals surface area contributed by atoms with E-state index in [-0.39, 0.29) is 21.9 Å². The molecule has 2 aromatic carbocycles. The quantitative estimate of drug-likeness (QED) is 0.417. The number of nitrogens with one attached hydrogen (secondary N) is 2. The Morgan fingerprint density at radius 1 is 1.10 bits per heavy atom. The number of hydrogen-bond acceptors (Lipinski definition) is 6. The van der Waals surface area contributed by atoms with Gasteiger partial charge in [-0.2, -0.15) is 0 Å². The van der Waals surface area contributed by atoms with Crippen molar-refractivity contribution in [2.75, 3.05) is 25.0 Å². The van der Waals surface area contributed by atoms with Crippen molar-refractivity contribution >= 4 is 21.7 Å². The summed E-state index contributed by atoms with van der Waals surface area (Å²) in [6, 6.07) is 10.9. The van der Waals surface area contributed by atoms with Crippen molar-refractivity contribution in [3.05, 3.63) is 48.0 Å². The molecule has 5 N–H and O–H groups in total. The van der Waals surface area contributed by atoms with Gasteiger partial charge in [0.05, 0.1) is 11.3 Å². The number of sulfonamides is 1. The molecule has 0 spiro atoms. The number of anilines is 1. The largest absolute Gasteiger partial charge is 0.478 e. The molecule has 0 amide bonds. The molecule has 0 atom stereocenters. The number of carboxylic acid groups (broad SMARTS) is 1. The fourth-order valence-corrected chi connectivity index (χ4v) is 3.13. The topological polar surface area (TPSA) is 131 Å². The van der Waals surface area contributed by atoms with E-state index in [9.17, 15) is 18.3 Å². The number of nitrogens with two attached hydrogens (primary N) is 1. The van der Waals surface area contributed by atoms with Crippen LogP contribution in [-0.4, -0.2) is 39.1 Å². The molecule has 0 aliphatic rings. The number of unbranched alkanes of at least 4 members (excludes halogenated alkanes) is 1. The Kier molecular flexibility index (Phi) is 10.9. The molecular weight excluding hydrogens is 406 g/mol. The van der Waals surface area contributed by atoms with Crippen LogP contribution in [0.3, 0.4) is 0 Å². The number of hydrogen-bond donors (Lipinski definition) is 4. The second kappa shape index (κ2) is 12.8. The van der Waals surface area contributed by atoms with Gasteiger partial charge in [-0.15, -0.1) is 0 Å². The molecule has 0 heterocycles. The summed E-state index contributed by atoms with van der Waals surface area (Å²) in [6.45, 7) is 8.93. The average molecular weight is 438 g/mol. The number of aromatic carboxylic acids is 1. The van der Waals surface area contributed by atoms with Crippen molar-refractivity contribution in [3.63, 3.8) is 0 Å². The van der Waals surface area contributed by atoms with Gasteiger partial charge in [0.1, 0.15) is 10.6 Å². The minimum absolute atomic E-state index is 0.0187. The molecule has 0 saturated heterocycles. The molecule has 0 bridgehead atoms. The van der Waals surface area contributed by atoms with Gasteiger partial charge in [0.15, 0.2) is 5.75 Å². The van der Waals surface area contributed by atoms with Gasteiger partial charge in [-0.25, -0.2) is 18.4 Å². The minimum Gasteiger partial charge on any atom is -0.478 e. The van der Waals surface area contributed by atoms with E-state index >= 15 is 0 Å². The van der Waals surface area contributed by atoms with Crippen LogP contribution in [0.1, 0.15) is 44.0 Å². The van der Waals surface area contributed by atoms with Crippen LogP contribution < -0.4 is 20.5 Å². The van der Waals surface area contributed by atoms with E-state index in [0.717, 1.165) is 32.0 Å². The van der Waals surface area contributed by atoms with Crippen molar-refractivity contribution in [2.24, 2.45) is 5.14 Å². The molecule has 2 rings (SSSR count). The predicted molar refractivity (Wildman–Crippen MR) is 119 cm³/mol. The maximum atomic E-state index is 12.0. The molecule has 0 unspecified atom stereocenters. The maximum Gasteiger partial charge on any atom is 0.335 e. The fourth-order valence-electron chi connectivity index (χ4n) is 2.43. The minimum atomic E-state index is -4.19. The lowest BCUT2D eigenvalue weighted by Gasteiger charge is -2.17. The number of rotatable bonds is 10. The first-order valence-electron chi connectivity index (χ1n) is 9.86. The van der Waals surface area contributed by atoms with Crippen molar-refractivity contribution in [1.82, 2.24) is 5.32 Å². The molecule has 0 aliphatic carbocycles. The van der Waals surface area contributed by atoms with Gasteiger partial charge < -0.3 is 20.5 Å². The number of ether oxygens (including phenoxy) is 1. The summed E-state index contributed by atoms with van der Waals surface area (Å²) < 4.78 is 29.7. The van der Waals surface area contributed by atoms with E-state index in [1.807, 2.05) is 6.92 Å². The van der Waals surface area contributed by atoms with Crippen molar-refractivity contribution in [2.45, 2.75) is 38.5 Å². The van der Waals surface area contributed by atoms with E-state index in [0.29, 0.717) is 12.3 Å². The van der Waals surface area contributed by atoms with Crippen LogP contribution in [0.4, 0.5) is 5.69 Å². The zero-order valence-electron chi connectivity index (χ0n) is 17.6. The first kappa shape index (κ1) is 25.4. The third-order valence-corrected chi connectivity index (χ3v) is 4.83. The summed E-state index contributed by atoms with van der Waals surface area (Å²) in [6.07, 6.45) is 1.75. The summed E-state index contributed by atoms with van der Waals surface area (Å²) in [5, 5.41) is 20.7. The highest BCUT2D eigenvalue weighted by atomic mass is 32.2. The lowest BCUT2D eigenvalue weighted by atomic mass is 10.1. The highest BCUT2D eigenvalue weighted by Crippen LogP contribution is 2.37. The molecule has 0 fully saturated rings. The molecule has 8 nitrogen and oxygen atoms in total. The second-order valence-electron chi connectivity index (χ2n) is 6.35. The molecule has 0 radical (unpaired) electrons. The smallest absolute Gasteiger partial charge is 0.335 e. The van der Waals surface area contributed by atoms with Crippen LogP contribution in [0.2, 0.25) is 0 Å². The van der Waals surface area contributed by atoms with E-state index in [1.165, 1.54) is 6.07 Å². The Hall–Kier alpha value is -2.62. The van der Waals surface area contributed by atoms with Gasteiger partial charge in [0.25, 0.3) is 0 Å². The van der Waals surface area contributed by atoms with Gasteiger partial charge >= 0.3 is 5.97 Å². The Balaban J connectivity index is 0.000000804. The van der Waals surface area contributed by atoms with Crippen LogP contribution in [0.15, 0.2) is 47.4 Å². The van der Waals surface area contributed by atoms with Crippen LogP contribution in [0, 0.1) is 0 Å². The SMILES string of the molecule is CCCCNc1cc(C(=O)O)cc(S(N)(=O)=O)c1Oc1ccccc1.CCNCC. The zero-order valence-corrected chi connectivity index (χ0v) is 18.5. The Morgan fingerprint density at radius 3 is 2.20 bits per heavy atom. The summed E-state index contributed by atoms with van der Waals surface area (Å²) in [7, 11) is -4.19. The van der Waals surface area contributed by atoms with E-state index in [4.69, 9.17) is 9.88 Å². The van der Waals surface area contributed by atoms with Gasteiger partial charge in [0.2, 0.25) is 10.0 Å². The summed E-state index contributed by atoms with van der Waals surface area (Å²) in [4.78, 5) is 10.9. The summed E-state index contributed by atoms with van der Waals surface area (Å²) in [5.74, 6) is -0.862. The molecule has 0 aromatic heterocycles. The number of benzene rings is 2. The first-order valence-corrected chi connectivity index (χ1v) is 11.4. The van der Waals surface area contributed by atoms with Gasteiger partial charge in [-0.1, -0.05) is 45.4 Å². The highest BCUT2D eigenvalue weighted by molar-refractivity contribution is 7.89. The monoisotopic (exact) mass is 437 g/mol. The third-order valence-electron chi connectivity index (χ3n) is 3.92. The number of primary sulfonamides is 1. The van der Waals surface area contributed by atoms with E-state index in [2.05, 4.69) is 24.5 Å². The number of carbonyl (C=O) groups is 1. The first-order chi connectivity index (χ1) is 14.2. The number of carboxylic acids is 1. The van der Waals surface area contributed by atoms with Crippen LogP contribution in [0.25, 0.3) is 0 Å². The summed E-state index contributed by atoms with van der Waals surface area (Å²) in [5.41, 5.74) is 0.0738. The highest BCUT2D eigenvalue weighted by Gasteiger charge is 2.23. The average Bonchev–Trinajstić information content (AvgIpc) is 2.70. The Morgan fingerprint density at radius 2 is 1.73 bits per heavy atom. The van der Waals surface area contributed by atoms with Crippen LogP contribution >= 0.6 is 0 Å². The second-order valence-corrected chi connectivity index (χ2v) is 7.88. The molecule has 0 aliphatic heterocycles. The van der Waals surface area contributed by atoms with Crippen molar-refractivity contribution in [1.29, 1.82) is 0 Å². The lowest BCUT2D eigenvalue weighted by molar-refractivity contribution is 0.0696. The molecule has 166 valence electrons. The van der Waals surface area contributed by atoms with Gasteiger partial charge in [0, 0.05) is 6.54 Å². The predicted octanol–water partition coefficient (Wildman–Crippen LogP) is 3.65. The molecule has 9 heteroatoms. The molecule has 0 saturated carbocycles. The lowest BCUT2D eigenvalue weighted by Crippen LogP contribution is -2.16. The molecule has 30 heavy (non-hydrogen) atoms. The maximum absolute atomic E-state index is 12.0. The fraction of sp³-hybridized carbons (Fsp3) is 0.381. The standard InChI is InChI=1S/C17H20N2O5S.C4H11N/c1-2-3-9-19-14-10-12(17(20)21)11-15(25(18,22)23)16(14)24-13-7-5-4-6-8-13;1-3-5-4-2/h4-8,10-11,19H,2-3,9H2,1H3,(H,20,21)(H2,18,22,23);5H,3-4H2,1-2H3. The third kappa shape index (κ3) is 8.40. The molecule has 2 aromatic rings. The Bertz CT molecular complexity index is 900. The zero-order chi connectivity index (χ0) is 22.6. The van der Waals surface area contributed by atoms with Crippen LogP contribution in [-0.2, 0) is 10.0 Å². The molecular formula is C21H31N3O5S. The Labute approximate surface area is 178 Å². The number of para-hydroxylation sites is 1. The van der Waals surface area contributed by atoms with Crippen LogP contribution in [0.5, 0.6) is 11.5 Å². The van der Waals surface area contributed by atoms with E-state index in [1.54, 1.807) is 30.3 Å². The normalized spacial score (nSPS) is 10.7. The van der Waals surface area contributed by atoms with E-state index < -0.39 is 16.0 Å². The van der Waals surface area contributed by atoms with Crippen molar-refractivity contribution in [3.8, 4) is 11.5 Å². The van der Waals surface area contributed by atoms with Gasteiger partial charge in [-0.3, -0.25) is 0 Å². The van der Waals surface area contributed by atoms with Crippen molar-refractivity contribution < 1.29 is 23.1 Å². The summed E-state index contributed by atoms with van der Waals surface area (Å²) >= 11 is 0. The van der Waals surface area contributed by atoms with Gasteiger partial charge in [-0.05, 0) is 43.8 Å².